The number of para-hydroxylation sites is 1. The summed E-state index contributed by atoms with van der Waals surface area (Å²) in [6.45, 7) is 4.16. The Morgan fingerprint density at radius 1 is 1.19 bits per heavy atom. The first-order valence-electron chi connectivity index (χ1n) is 8.56. The Labute approximate surface area is 151 Å². The fourth-order valence-corrected chi connectivity index (χ4v) is 2.56. The lowest BCUT2D eigenvalue weighted by atomic mass is 10.0. The Balaban J connectivity index is 2.00. The van der Waals surface area contributed by atoms with Crippen molar-refractivity contribution >= 4 is 28.6 Å². The normalized spacial score (nSPS) is 12.1. The largest absolute Gasteiger partial charge is 0.370 e. The van der Waals surface area contributed by atoms with Gasteiger partial charge in [-0.2, -0.15) is 0 Å². The van der Waals surface area contributed by atoms with Crippen molar-refractivity contribution in [2.45, 2.75) is 32.7 Å². The number of aromatic amines is 1. The molecule has 8 heteroatoms. The summed E-state index contributed by atoms with van der Waals surface area (Å²) in [4.78, 5) is 38.6. The molecular weight excluding hydrogens is 334 g/mol. The van der Waals surface area contributed by atoms with Gasteiger partial charge in [0.1, 0.15) is 11.7 Å². The number of nitrogens with two attached hydrogens (primary N) is 1. The quantitative estimate of drug-likeness (QED) is 0.335. The zero-order valence-electron chi connectivity index (χ0n) is 15.0. The Bertz CT molecular complexity index is 751. The number of fused-ring (bicyclic) bond motifs is 1. The number of hydrogen-bond donors (Lipinski definition) is 5. The van der Waals surface area contributed by atoms with E-state index in [-0.39, 0.29) is 30.7 Å². The molecule has 26 heavy (non-hydrogen) atoms. The maximum atomic E-state index is 12.5. The lowest BCUT2D eigenvalue weighted by Gasteiger charge is -2.20. The Kier molecular flexibility index (Phi) is 6.74. The lowest BCUT2D eigenvalue weighted by molar-refractivity contribution is -0.124. The summed E-state index contributed by atoms with van der Waals surface area (Å²) in [6, 6.07) is 8.62. The molecule has 1 aromatic heterocycles. The van der Waals surface area contributed by atoms with Crippen LogP contribution in [0.2, 0.25) is 0 Å². The molecule has 0 aliphatic rings. The van der Waals surface area contributed by atoms with Gasteiger partial charge < -0.3 is 16.0 Å². The van der Waals surface area contributed by atoms with E-state index < -0.39 is 11.9 Å². The molecule has 8 nitrogen and oxygen atoms in total. The van der Waals surface area contributed by atoms with Gasteiger partial charge in [0.2, 0.25) is 5.91 Å². The number of hydrogen-bond acceptors (Lipinski definition) is 4. The fraction of sp³-hybridized carbons (Fsp3) is 0.389. The van der Waals surface area contributed by atoms with E-state index in [9.17, 15) is 14.4 Å². The molecule has 0 saturated heterocycles. The maximum Gasteiger partial charge on any atom is 0.268 e. The van der Waals surface area contributed by atoms with E-state index in [4.69, 9.17) is 5.73 Å². The van der Waals surface area contributed by atoms with Crippen LogP contribution in [0, 0.1) is 5.92 Å². The van der Waals surface area contributed by atoms with E-state index in [0.717, 1.165) is 10.9 Å². The highest BCUT2D eigenvalue weighted by atomic mass is 16.2. The van der Waals surface area contributed by atoms with Crippen molar-refractivity contribution in [1.29, 1.82) is 0 Å². The molecule has 2 rings (SSSR count). The van der Waals surface area contributed by atoms with Crippen LogP contribution < -0.4 is 21.9 Å². The van der Waals surface area contributed by atoms with Gasteiger partial charge in [-0.25, -0.2) is 5.43 Å². The third-order valence-corrected chi connectivity index (χ3v) is 3.81. The van der Waals surface area contributed by atoms with Crippen LogP contribution in [0.25, 0.3) is 10.9 Å². The number of nitrogens with one attached hydrogen (secondary N) is 4. The van der Waals surface area contributed by atoms with Gasteiger partial charge in [0, 0.05) is 23.9 Å². The van der Waals surface area contributed by atoms with Crippen LogP contribution in [0.5, 0.6) is 0 Å². The maximum absolute atomic E-state index is 12.5. The second-order valence-corrected chi connectivity index (χ2v) is 6.56. The van der Waals surface area contributed by atoms with Gasteiger partial charge in [-0.15, -0.1) is 0 Å². The summed E-state index contributed by atoms with van der Waals surface area (Å²) < 4.78 is 0. The van der Waals surface area contributed by atoms with E-state index in [2.05, 4.69) is 21.2 Å². The van der Waals surface area contributed by atoms with E-state index in [1.165, 1.54) is 0 Å². The number of amides is 3. The highest BCUT2D eigenvalue weighted by molar-refractivity contribution is 6.00. The molecule has 0 saturated carbocycles. The molecule has 3 amide bonds. The molecule has 1 atom stereocenters. The Morgan fingerprint density at radius 3 is 2.58 bits per heavy atom. The second-order valence-electron chi connectivity index (χ2n) is 6.56. The predicted molar refractivity (Wildman–Crippen MR) is 99.0 cm³/mol. The molecule has 1 heterocycles. The minimum absolute atomic E-state index is 0.108. The molecular formula is C18H25N5O3. The van der Waals surface area contributed by atoms with Crippen LogP contribution in [0.3, 0.4) is 0 Å². The second kappa shape index (κ2) is 9.00. The molecule has 0 fully saturated rings. The lowest BCUT2D eigenvalue weighted by Crippen LogP contribution is -2.51. The zero-order valence-corrected chi connectivity index (χ0v) is 15.0. The van der Waals surface area contributed by atoms with E-state index >= 15 is 0 Å². The standard InChI is InChI=1S/C18H25N5O3/c1-11(2)9-14(18(26)23-20-8-7-16(19)24)22-17(25)15-10-12-5-3-4-6-13(12)21-15/h3-6,10-11,14,20-21H,7-9H2,1-2H3,(H2,19,24)(H,22,25)(H,23,26). The molecule has 6 N–H and O–H groups in total. The van der Waals surface area contributed by atoms with Crippen molar-refractivity contribution in [3.05, 3.63) is 36.0 Å². The van der Waals surface area contributed by atoms with Crippen LogP contribution in [0.4, 0.5) is 0 Å². The number of rotatable bonds is 9. The minimum Gasteiger partial charge on any atom is -0.370 e. The van der Waals surface area contributed by atoms with Crippen LogP contribution in [0.1, 0.15) is 37.2 Å². The topological polar surface area (TPSA) is 129 Å². The van der Waals surface area contributed by atoms with Gasteiger partial charge in [-0.05, 0) is 24.5 Å². The van der Waals surface area contributed by atoms with Crippen LogP contribution in [-0.4, -0.2) is 35.3 Å². The van der Waals surface area contributed by atoms with E-state index in [0.29, 0.717) is 12.1 Å². The number of H-pyrrole nitrogens is 1. The number of hydrazine groups is 1. The third-order valence-electron chi connectivity index (χ3n) is 3.81. The summed E-state index contributed by atoms with van der Waals surface area (Å²) in [5.74, 6) is -0.969. The van der Waals surface area contributed by atoms with E-state index in [1.807, 2.05) is 38.1 Å². The molecule has 0 aliphatic carbocycles. The van der Waals surface area contributed by atoms with Gasteiger partial charge in [-0.3, -0.25) is 19.8 Å². The number of benzene rings is 1. The number of primary amides is 1. The van der Waals surface area contributed by atoms with Gasteiger partial charge in [0.15, 0.2) is 0 Å². The predicted octanol–water partition coefficient (Wildman–Crippen LogP) is 0.809. The smallest absolute Gasteiger partial charge is 0.268 e. The first-order chi connectivity index (χ1) is 12.4. The molecule has 140 valence electrons. The van der Waals surface area contributed by atoms with Crippen LogP contribution in [-0.2, 0) is 9.59 Å². The monoisotopic (exact) mass is 359 g/mol. The molecule has 0 aliphatic heterocycles. The SMILES string of the molecule is CC(C)CC(NC(=O)c1cc2ccccc2[nH]1)C(=O)NNCCC(N)=O. The van der Waals surface area contributed by atoms with Crippen molar-refractivity contribution < 1.29 is 14.4 Å². The van der Waals surface area contributed by atoms with Crippen LogP contribution >= 0.6 is 0 Å². The number of carbonyl (C=O) groups excluding carboxylic acids is 3. The highest BCUT2D eigenvalue weighted by Gasteiger charge is 2.23. The molecule has 1 aromatic carbocycles. The Hall–Kier alpha value is -2.87. The van der Waals surface area contributed by atoms with Gasteiger partial charge >= 0.3 is 0 Å². The summed E-state index contributed by atoms with van der Waals surface area (Å²) >= 11 is 0. The van der Waals surface area contributed by atoms with Gasteiger partial charge in [0.25, 0.3) is 11.8 Å². The summed E-state index contributed by atoms with van der Waals surface area (Å²) in [5, 5.41) is 3.69. The van der Waals surface area contributed by atoms with Crippen molar-refractivity contribution in [1.82, 2.24) is 21.2 Å². The average Bonchev–Trinajstić information content (AvgIpc) is 3.01. The van der Waals surface area contributed by atoms with Crippen molar-refractivity contribution in [3.8, 4) is 0 Å². The first-order valence-corrected chi connectivity index (χ1v) is 8.56. The first kappa shape index (κ1) is 19.5. The van der Waals surface area contributed by atoms with Crippen molar-refractivity contribution in [2.75, 3.05) is 6.54 Å². The number of carbonyl (C=O) groups is 3. The fourth-order valence-electron chi connectivity index (χ4n) is 2.56. The molecule has 0 bridgehead atoms. The molecule has 0 radical (unpaired) electrons. The molecule has 2 aromatic rings. The van der Waals surface area contributed by atoms with Crippen LogP contribution in [0.15, 0.2) is 30.3 Å². The van der Waals surface area contributed by atoms with Crippen molar-refractivity contribution in [3.63, 3.8) is 0 Å². The zero-order chi connectivity index (χ0) is 19.1. The van der Waals surface area contributed by atoms with Gasteiger partial charge in [-0.1, -0.05) is 32.0 Å². The van der Waals surface area contributed by atoms with E-state index in [1.54, 1.807) is 6.07 Å². The Morgan fingerprint density at radius 2 is 1.92 bits per heavy atom. The van der Waals surface area contributed by atoms with Crippen molar-refractivity contribution in [2.24, 2.45) is 11.7 Å². The minimum atomic E-state index is -0.699. The molecule has 1 unspecified atom stereocenters. The highest BCUT2D eigenvalue weighted by Crippen LogP contribution is 2.15. The average molecular weight is 359 g/mol. The summed E-state index contributed by atoms with van der Waals surface area (Å²) in [6.07, 6.45) is 0.589. The summed E-state index contributed by atoms with van der Waals surface area (Å²) in [7, 11) is 0. The van der Waals surface area contributed by atoms with Gasteiger partial charge in [0.05, 0.1) is 0 Å². The molecule has 0 spiro atoms. The summed E-state index contributed by atoms with van der Waals surface area (Å²) in [5.41, 5.74) is 11.5. The number of aromatic nitrogens is 1. The third kappa shape index (κ3) is 5.59.